The molecule has 1 heterocycles. The zero-order valence-electron chi connectivity index (χ0n) is 10.2. The molecule has 5 nitrogen and oxygen atoms in total. The number of amides is 1. The minimum Gasteiger partial charge on any atom is -0.480 e. The van der Waals surface area contributed by atoms with Crippen LogP contribution in [0.2, 0.25) is 0 Å². The maximum absolute atomic E-state index is 12.3. The summed E-state index contributed by atoms with van der Waals surface area (Å²) in [5.74, 6) is 1.08. The number of morpholine rings is 1. The first kappa shape index (κ1) is 13.1. The number of rotatable bonds is 2. The number of benzene rings is 1. The van der Waals surface area contributed by atoms with Gasteiger partial charge in [-0.05, 0) is 24.3 Å². The van der Waals surface area contributed by atoms with Crippen LogP contribution in [-0.2, 0) is 9.53 Å². The third-order valence-corrected chi connectivity index (χ3v) is 2.97. The van der Waals surface area contributed by atoms with E-state index in [1.807, 2.05) is 0 Å². The molecule has 1 aliphatic rings. The van der Waals surface area contributed by atoms with Gasteiger partial charge in [0.1, 0.15) is 0 Å². The minimum absolute atomic E-state index is 0.0174. The molecule has 0 bridgehead atoms. The van der Waals surface area contributed by atoms with Gasteiger partial charge < -0.3 is 14.7 Å². The molecule has 1 fully saturated rings. The standard InChI is InChI=1S/C14H13NO4/c1-2-10-3-5-11(6-4-10)13(16)15-7-8-19-9-12(15)14(17)18/h1,3-6,12H,7-9H2,(H,17,18). The zero-order chi connectivity index (χ0) is 13.8. The quantitative estimate of drug-likeness (QED) is 0.789. The number of aliphatic carboxylic acids is 1. The maximum Gasteiger partial charge on any atom is 0.328 e. The molecule has 1 N–H and O–H groups in total. The van der Waals surface area contributed by atoms with Crippen molar-refractivity contribution in [2.24, 2.45) is 0 Å². The lowest BCUT2D eigenvalue weighted by Gasteiger charge is -2.32. The number of terminal acetylenes is 1. The van der Waals surface area contributed by atoms with E-state index in [0.29, 0.717) is 17.7 Å². The van der Waals surface area contributed by atoms with Gasteiger partial charge in [-0.2, -0.15) is 0 Å². The minimum atomic E-state index is -1.06. The number of nitrogens with zero attached hydrogens (tertiary/aromatic N) is 1. The van der Waals surface area contributed by atoms with Crippen LogP contribution in [0, 0.1) is 12.3 Å². The van der Waals surface area contributed by atoms with E-state index in [1.54, 1.807) is 24.3 Å². The van der Waals surface area contributed by atoms with Gasteiger partial charge in [0.15, 0.2) is 6.04 Å². The van der Waals surface area contributed by atoms with E-state index in [4.69, 9.17) is 16.3 Å². The summed E-state index contributed by atoms with van der Waals surface area (Å²) in [5.41, 5.74) is 1.10. The van der Waals surface area contributed by atoms with Gasteiger partial charge in [-0.1, -0.05) is 5.92 Å². The Balaban J connectivity index is 2.21. The molecule has 19 heavy (non-hydrogen) atoms. The van der Waals surface area contributed by atoms with Crippen LogP contribution in [0.15, 0.2) is 24.3 Å². The zero-order valence-corrected chi connectivity index (χ0v) is 10.2. The van der Waals surface area contributed by atoms with E-state index >= 15 is 0 Å². The lowest BCUT2D eigenvalue weighted by Crippen LogP contribution is -2.52. The highest BCUT2D eigenvalue weighted by Gasteiger charge is 2.33. The predicted molar refractivity (Wildman–Crippen MR) is 67.7 cm³/mol. The first-order valence-corrected chi connectivity index (χ1v) is 5.81. The topological polar surface area (TPSA) is 66.8 Å². The second-order valence-corrected chi connectivity index (χ2v) is 4.15. The number of hydrogen-bond donors (Lipinski definition) is 1. The summed E-state index contributed by atoms with van der Waals surface area (Å²) in [5, 5.41) is 9.09. The van der Waals surface area contributed by atoms with Crippen molar-refractivity contribution in [2.45, 2.75) is 6.04 Å². The van der Waals surface area contributed by atoms with Crippen LogP contribution in [0.5, 0.6) is 0 Å². The monoisotopic (exact) mass is 259 g/mol. The molecule has 1 saturated heterocycles. The molecule has 1 aromatic carbocycles. The fourth-order valence-corrected chi connectivity index (χ4v) is 1.93. The molecule has 2 rings (SSSR count). The number of carbonyl (C=O) groups excluding carboxylic acids is 1. The van der Waals surface area contributed by atoms with Crippen LogP contribution in [0.1, 0.15) is 15.9 Å². The average molecular weight is 259 g/mol. The highest BCUT2D eigenvalue weighted by molar-refractivity contribution is 5.96. The van der Waals surface area contributed by atoms with Crippen molar-refractivity contribution < 1.29 is 19.4 Å². The first-order chi connectivity index (χ1) is 9.13. The number of ether oxygens (including phenoxy) is 1. The number of hydrogen-bond acceptors (Lipinski definition) is 3. The molecule has 1 atom stereocenters. The third kappa shape index (κ3) is 2.75. The second kappa shape index (κ2) is 5.55. The van der Waals surface area contributed by atoms with Crippen molar-refractivity contribution >= 4 is 11.9 Å². The Hall–Kier alpha value is -2.32. The Bertz CT molecular complexity index is 529. The van der Waals surface area contributed by atoms with E-state index in [1.165, 1.54) is 4.90 Å². The second-order valence-electron chi connectivity index (χ2n) is 4.15. The van der Waals surface area contributed by atoms with E-state index in [2.05, 4.69) is 5.92 Å². The van der Waals surface area contributed by atoms with Crippen molar-refractivity contribution in [1.82, 2.24) is 4.90 Å². The molecule has 5 heteroatoms. The van der Waals surface area contributed by atoms with Gasteiger partial charge in [0.25, 0.3) is 5.91 Å². The maximum atomic E-state index is 12.3. The van der Waals surface area contributed by atoms with Crippen LogP contribution in [0.4, 0.5) is 0 Å². The van der Waals surface area contributed by atoms with Gasteiger partial charge in [0.05, 0.1) is 13.2 Å². The summed E-state index contributed by atoms with van der Waals surface area (Å²) in [6, 6.07) is 5.58. The molecule has 0 saturated carbocycles. The molecule has 1 unspecified atom stereocenters. The van der Waals surface area contributed by atoms with Crippen molar-refractivity contribution in [1.29, 1.82) is 0 Å². The third-order valence-electron chi connectivity index (χ3n) is 2.97. The molecular formula is C14H13NO4. The van der Waals surface area contributed by atoms with Crippen LogP contribution in [0.3, 0.4) is 0 Å². The van der Waals surface area contributed by atoms with Crippen molar-refractivity contribution in [3.05, 3.63) is 35.4 Å². The smallest absolute Gasteiger partial charge is 0.328 e. The fourth-order valence-electron chi connectivity index (χ4n) is 1.93. The molecule has 1 aromatic rings. The van der Waals surface area contributed by atoms with Crippen LogP contribution in [-0.4, -0.2) is 47.7 Å². The van der Waals surface area contributed by atoms with Crippen LogP contribution >= 0.6 is 0 Å². The first-order valence-electron chi connectivity index (χ1n) is 5.81. The van der Waals surface area contributed by atoms with Gasteiger partial charge in [0.2, 0.25) is 0 Å². The normalized spacial score (nSPS) is 18.7. The van der Waals surface area contributed by atoms with E-state index in [0.717, 1.165) is 0 Å². The molecule has 0 spiro atoms. The average Bonchev–Trinajstić information content (AvgIpc) is 2.46. The SMILES string of the molecule is C#Cc1ccc(C(=O)N2CCOCC2C(=O)O)cc1. The van der Waals surface area contributed by atoms with E-state index < -0.39 is 12.0 Å². The van der Waals surface area contributed by atoms with Gasteiger partial charge in [0, 0.05) is 17.7 Å². The number of carboxylic acids is 1. The summed E-state index contributed by atoms with van der Waals surface area (Å²) in [4.78, 5) is 24.7. The molecule has 0 aliphatic carbocycles. The summed E-state index contributed by atoms with van der Waals surface area (Å²) >= 11 is 0. The molecular weight excluding hydrogens is 246 g/mol. The van der Waals surface area contributed by atoms with Crippen molar-refractivity contribution in [3.8, 4) is 12.3 Å². The Kier molecular flexibility index (Phi) is 3.83. The fraction of sp³-hybridized carbons (Fsp3) is 0.286. The molecule has 0 radical (unpaired) electrons. The largest absolute Gasteiger partial charge is 0.480 e. The van der Waals surface area contributed by atoms with Crippen LogP contribution < -0.4 is 0 Å². The number of carboxylic acid groups (broad SMARTS) is 1. The Morgan fingerprint density at radius 3 is 2.63 bits per heavy atom. The molecule has 0 aromatic heterocycles. The lowest BCUT2D eigenvalue weighted by atomic mass is 10.1. The van der Waals surface area contributed by atoms with Crippen molar-refractivity contribution in [3.63, 3.8) is 0 Å². The van der Waals surface area contributed by atoms with Crippen molar-refractivity contribution in [2.75, 3.05) is 19.8 Å². The van der Waals surface area contributed by atoms with Gasteiger partial charge in [-0.15, -0.1) is 6.42 Å². The molecule has 1 amide bonds. The van der Waals surface area contributed by atoms with Crippen LogP contribution in [0.25, 0.3) is 0 Å². The molecule has 1 aliphatic heterocycles. The molecule has 98 valence electrons. The predicted octanol–water partition coefficient (Wildman–Crippen LogP) is 0.593. The Morgan fingerprint density at radius 2 is 2.05 bits per heavy atom. The van der Waals surface area contributed by atoms with Gasteiger partial charge in [-0.25, -0.2) is 4.79 Å². The summed E-state index contributed by atoms with van der Waals surface area (Å²) in [7, 11) is 0. The summed E-state index contributed by atoms with van der Waals surface area (Å²) in [6.45, 7) is 0.633. The number of carbonyl (C=O) groups is 2. The van der Waals surface area contributed by atoms with Gasteiger partial charge >= 0.3 is 5.97 Å². The van der Waals surface area contributed by atoms with Gasteiger partial charge in [-0.3, -0.25) is 4.79 Å². The summed E-state index contributed by atoms with van der Waals surface area (Å²) < 4.78 is 5.09. The highest BCUT2D eigenvalue weighted by atomic mass is 16.5. The van der Waals surface area contributed by atoms with E-state index in [-0.39, 0.29) is 19.1 Å². The summed E-state index contributed by atoms with van der Waals surface area (Å²) in [6.07, 6.45) is 5.24. The van der Waals surface area contributed by atoms with E-state index in [9.17, 15) is 9.59 Å². The Labute approximate surface area is 110 Å². The highest BCUT2D eigenvalue weighted by Crippen LogP contribution is 2.13. The Morgan fingerprint density at radius 1 is 1.37 bits per heavy atom. The lowest BCUT2D eigenvalue weighted by molar-refractivity contribution is -0.147.